The molecule has 0 unspecified atom stereocenters. The van der Waals surface area contributed by atoms with Crippen LogP contribution in [-0.2, 0) is 0 Å². The molecule has 0 bridgehead atoms. The lowest BCUT2D eigenvalue weighted by Crippen LogP contribution is -2.31. The molecule has 1 fully saturated rings. The van der Waals surface area contributed by atoms with Gasteiger partial charge in [-0.3, -0.25) is 0 Å². The first-order valence-corrected chi connectivity index (χ1v) is 5.09. The SMILES string of the molecule is COc1ccc(N[C@@H]2CNC[C@H]2O)cc1. The largest absolute Gasteiger partial charge is 0.497 e. The third-order valence-electron chi connectivity index (χ3n) is 2.62. The minimum absolute atomic E-state index is 0.0957. The maximum Gasteiger partial charge on any atom is 0.119 e. The second kappa shape index (κ2) is 4.51. The minimum Gasteiger partial charge on any atom is -0.497 e. The lowest BCUT2D eigenvalue weighted by Gasteiger charge is -2.16. The molecular formula is C11H16N2O2. The van der Waals surface area contributed by atoms with Gasteiger partial charge in [-0.1, -0.05) is 0 Å². The molecule has 0 saturated carbocycles. The molecule has 0 aliphatic carbocycles. The van der Waals surface area contributed by atoms with E-state index in [1.807, 2.05) is 24.3 Å². The first-order chi connectivity index (χ1) is 7.29. The number of methoxy groups -OCH3 is 1. The zero-order valence-electron chi connectivity index (χ0n) is 8.73. The average molecular weight is 208 g/mol. The van der Waals surface area contributed by atoms with Crippen LogP contribution in [0, 0.1) is 0 Å². The monoisotopic (exact) mass is 208 g/mol. The molecule has 0 amide bonds. The van der Waals surface area contributed by atoms with Crippen molar-refractivity contribution in [3.05, 3.63) is 24.3 Å². The van der Waals surface area contributed by atoms with Crippen LogP contribution >= 0.6 is 0 Å². The molecule has 4 nitrogen and oxygen atoms in total. The third-order valence-corrected chi connectivity index (χ3v) is 2.62. The van der Waals surface area contributed by atoms with Crippen LogP contribution < -0.4 is 15.4 Å². The standard InChI is InChI=1S/C11H16N2O2/c1-15-9-4-2-8(3-5-9)13-10-6-12-7-11(10)14/h2-5,10-14H,6-7H2,1H3/t10-,11-/m1/s1. The van der Waals surface area contributed by atoms with Crippen LogP contribution in [0.4, 0.5) is 5.69 Å². The van der Waals surface area contributed by atoms with E-state index in [2.05, 4.69) is 10.6 Å². The molecule has 0 spiro atoms. The Morgan fingerprint density at radius 2 is 2.07 bits per heavy atom. The van der Waals surface area contributed by atoms with Crippen LogP contribution in [0.1, 0.15) is 0 Å². The summed E-state index contributed by atoms with van der Waals surface area (Å²) in [7, 11) is 1.65. The average Bonchev–Trinajstić information content (AvgIpc) is 2.66. The number of aliphatic hydroxyl groups is 1. The molecule has 1 heterocycles. The number of β-amino-alcohol motifs (C(OH)–C–C–N with tert-alkyl or cyclic N) is 1. The van der Waals surface area contributed by atoms with E-state index in [1.165, 1.54) is 0 Å². The van der Waals surface area contributed by atoms with Gasteiger partial charge in [0, 0.05) is 18.8 Å². The Hall–Kier alpha value is -1.26. The number of nitrogens with one attached hydrogen (secondary N) is 2. The lowest BCUT2D eigenvalue weighted by atomic mass is 10.2. The first kappa shape index (κ1) is 10.3. The number of hydrogen-bond acceptors (Lipinski definition) is 4. The highest BCUT2D eigenvalue weighted by atomic mass is 16.5. The smallest absolute Gasteiger partial charge is 0.119 e. The Kier molecular flexibility index (Phi) is 3.08. The Balaban J connectivity index is 1.98. The minimum atomic E-state index is -0.313. The van der Waals surface area contributed by atoms with Gasteiger partial charge in [0.2, 0.25) is 0 Å². The zero-order valence-corrected chi connectivity index (χ0v) is 8.73. The van der Waals surface area contributed by atoms with E-state index in [0.717, 1.165) is 18.0 Å². The van der Waals surface area contributed by atoms with Crippen LogP contribution in [0.5, 0.6) is 5.75 Å². The molecule has 1 aromatic carbocycles. The molecule has 82 valence electrons. The van der Waals surface area contributed by atoms with Crippen LogP contribution in [0.3, 0.4) is 0 Å². The van der Waals surface area contributed by atoms with Crippen molar-refractivity contribution < 1.29 is 9.84 Å². The lowest BCUT2D eigenvalue weighted by molar-refractivity contribution is 0.185. The number of aliphatic hydroxyl groups excluding tert-OH is 1. The Morgan fingerprint density at radius 3 is 2.60 bits per heavy atom. The molecule has 4 heteroatoms. The van der Waals surface area contributed by atoms with Crippen molar-refractivity contribution in [1.29, 1.82) is 0 Å². The van der Waals surface area contributed by atoms with E-state index in [9.17, 15) is 5.11 Å². The van der Waals surface area contributed by atoms with Gasteiger partial charge in [0.05, 0.1) is 19.3 Å². The van der Waals surface area contributed by atoms with E-state index in [0.29, 0.717) is 6.54 Å². The number of ether oxygens (including phenoxy) is 1. The first-order valence-electron chi connectivity index (χ1n) is 5.09. The summed E-state index contributed by atoms with van der Waals surface area (Å²) < 4.78 is 5.07. The van der Waals surface area contributed by atoms with Gasteiger partial charge >= 0.3 is 0 Å². The van der Waals surface area contributed by atoms with Crippen LogP contribution in [0.2, 0.25) is 0 Å². The second-order valence-electron chi connectivity index (χ2n) is 3.70. The van der Waals surface area contributed by atoms with Crippen molar-refractivity contribution >= 4 is 5.69 Å². The highest BCUT2D eigenvalue weighted by Gasteiger charge is 2.24. The topological polar surface area (TPSA) is 53.5 Å². The van der Waals surface area contributed by atoms with Crippen LogP contribution in [-0.4, -0.2) is 37.5 Å². The summed E-state index contributed by atoms with van der Waals surface area (Å²) in [6, 6.07) is 7.79. The Bertz CT molecular complexity index is 313. The number of hydrogen-bond donors (Lipinski definition) is 3. The Labute approximate surface area is 89.3 Å². The normalized spacial score (nSPS) is 25.2. The van der Waals surface area contributed by atoms with E-state index >= 15 is 0 Å². The molecule has 15 heavy (non-hydrogen) atoms. The van der Waals surface area contributed by atoms with Crippen molar-refractivity contribution in [2.45, 2.75) is 12.1 Å². The maximum atomic E-state index is 9.60. The number of anilines is 1. The predicted molar refractivity (Wildman–Crippen MR) is 59.3 cm³/mol. The summed E-state index contributed by atoms with van der Waals surface area (Å²) in [6.07, 6.45) is -0.313. The highest BCUT2D eigenvalue weighted by molar-refractivity contribution is 5.47. The molecule has 1 aromatic rings. The van der Waals surface area contributed by atoms with Gasteiger partial charge in [-0.15, -0.1) is 0 Å². The molecule has 1 saturated heterocycles. The summed E-state index contributed by atoms with van der Waals surface area (Å²) in [5.74, 6) is 0.839. The summed E-state index contributed by atoms with van der Waals surface area (Å²) in [4.78, 5) is 0. The fourth-order valence-electron chi connectivity index (χ4n) is 1.71. The van der Waals surface area contributed by atoms with Crippen molar-refractivity contribution in [2.24, 2.45) is 0 Å². The van der Waals surface area contributed by atoms with Gasteiger partial charge in [-0.25, -0.2) is 0 Å². The summed E-state index contributed by atoms with van der Waals surface area (Å²) in [5.41, 5.74) is 1.00. The fourth-order valence-corrected chi connectivity index (χ4v) is 1.71. The van der Waals surface area contributed by atoms with Crippen molar-refractivity contribution in [1.82, 2.24) is 5.32 Å². The van der Waals surface area contributed by atoms with E-state index in [4.69, 9.17) is 4.74 Å². The molecule has 1 aliphatic rings. The van der Waals surface area contributed by atoms with Gasteiger partial charge in [0.25, 0.3) is 0 Å². The molecule has 0 aromatic heterocycles. The third kappa shape index (κ3) is 2.40. The van der Waals surface area contributed by atoms with E-state index in [-0.39, 0.29) is 12.1 Å². The molecule has 1 aliphatic heterocycles. The highest BCUT2D eigenvalue weighted by Crippen LogP contribution is 2.17. The van der Waals surface area contributed by atoms with Crippen LogP contribution in [0.15, 0.2) is 24.3 Å². The number of rotatable bonds is 3. The van der Waals surface area contributed by atoms with Gasteiger partial charge < -0.3 is 20.5 Å². The van der Waals surface area contributed by atoms with E-state index < -0.39 is 0 Å². The number of benzene rings is 1. The maximum absolute atomic E-state index is 9.60. The predicted octanol–water partition coefficient (Wildman–Crippen LogP) is 0.440. The molecule has 0 radical (unpaired) electrons. The summed E-state index contributed by atoms with van der Waals surface area (Å²) in [6.45, 7) is 1.46. The van der Waals surface area contributed by atoms with Crippen molar-refractivity contribution in [3.63, 3.8) is 0 Å². The van der Waals surface area contributed by atoms with E-state index in [1.54, 1.807) is 7.11 Å². The molecule has 2 atom stereocenters. The van der Waals surface area contributed by atoms with Crippen molar-refractivity contribution in [2.75, 3.05) is 25.5 Å². The van der Waals surface area contributed by atoms with Gasteiger partial charge in [-0.05, 0) is 24.3 Å². The Morgan fingerprint density at radius 1 is 1.33 bits per heavy atom. The van der Waals surface area contributed by atoms with Gasteiger partial charge in [0.1, 0.15) is 5.75 Å². The zero-order chi connectivity index (χ0) is 10.7. The summed E-state index contributed by atoms with van der Waals surface area (Å²) >= 11 is 0. The van der Waals surface area contributed by atoms with Crippen molar-refractivity contribution in [3.8, 4) is 5.75 Å². The fraction of sp³-hybridized carbons (Fsp3) is 0.455. The quantitative estimate of drug-likeness (QED) is 0.674. The van der Waals surface area contributed by atoms with Gasteiger partial charge in [0.15, 0.2) is 0 Å². The molecule has 2 rings (SSSR count). The second-order valence-corrected chi connectivity index (χ2v) is 3.70. The molecule has 3 N–H and O–H groups in total. The van der Waals surface area contributed by atoms with Gasteiger partial charge in [-0.2, -0.15) is 0 Å². The summed E-state index contributed by atoms with van der Waals surface area (Å²) in [5, 5.41) is 16.0. The van der Waals surface area contributed by atoms with Crippen LogP contribution in [0.25, 0.3) is 0 Å². The molecular weight excluding hydrogens is 192 g/mol.